The van der Waals surface area contributed by atoms with Gasteiger partial charge in [0.1, 0.15) is 0 Å². The second-order valence-corrected chi connectivity index (χ2v) is 3.86. The van der Waals surface area contributed by atoms with Gasteiger partial charge in [-0.25, -0.2) is 0 Å². The molecule has 0 bridgehead atoms. The van der Waals surface area contributed by atoms with Crippen molar-refractivity contribution < 1.29 is 4.52 Å². The standard InChI is InChI=1S/C10H17N3O/c1-8-5-10(14-13-8)7-12-9-3-2-4-11-6-9/h5,9,11-12H,2-4,6-7H2,1H3. The summed E-state index contributed by atoms with van der Waals surface area (Å²) in [6, 6.07) is 2.55. The van der Waals surface area contributed by atoms with Crippen molar-refractivity contribution in [1.29, 1.82) is 0 Å². The maximum atomic E-state index is 5.12. The van der Waals surface area contributed by atoms with Crippen LogP contribution in [-0.4, -0.2) is 24.3 Å². The van der Waals surface area contributed by atoms with E-state index in [0.29, 0.717) is 6.04 Å². The van der Waals surface area contributed by atoms with E-state index in [1.54, 1.807) is 0 Å². The van der Waals surface area contributed by atoms with Gasteiger partial charge < -0.3 is 15.2 Å². The van der Waals surface area contributed by atoms with Gasteiger partial charge in [-0.1, -0.05) is 5.16 Å². The lowest BCUT2D eigenvalue weighted by atomic mass is 10.1. The SMILES string of the molecule is Cc1cc(CNC2CCCNC2)on1. The van der Waals surface area contributed by atoms with Crippen LogP contribution < -0.4 is 10.6 Å². The lowest BCUT2D eigenvalue weighted by Crippen LogP contribution is -2.42. The summed E-state index contributed by atoms with van der Waals surface area (Å²) in [6.45, 7) is 4.94. The van der Waals surface area contributed by atoms with Crippen LogP contribution in [0.3, 0.4) is 0 Å². The molecule has 2 N–H and O–H groups in total. The zero-order valence-electron chi connectivity index (χ0n) is 8.55. The normalized spacial score (nSPS) is 22.5. The molecule has 1 aromatic rings. The van der Waals surface area contributed by atoms with E-state index >= 15 is 0 Å². The Morgan fingerprint density at radius 2 is 2.64 bits per heavy atom. The van der Waals surface area contributed by atoms with Crippen LogP contribution in [0.5, 0.6) is 0 Å². The van der Waals surface area contributed by atoms with Gasteiger partial charge in [-0.2, -0.15) is 0 Å². The summed E-state index contributed by atoms with van der Waals surface area (Å²) < 4.78 is 5.12. The molecule has 1 aliphatic rings. The average molecular weight is 195 g/mol. The van der Waals surface area contributed by atoms with Crippen molar-refractivity contribution >= 4 is 0 Å². The van der Waals surface area contributed by atoms with E-state index in [4.69, 9.17) is 4.52 Å². The Bertz CT molecular complexity index is 279. The predicted octanol–water partition coefficient (Wildman–Crippen LogP) is 0.825. The largest absolute Gasteiger partial charge is 0.360 e. The molecule has 0 aliphatic carbocycles. The molecule has 14 heavy (non-hydrogen) atoms. The molecule has 0 spiro atoms. The lowest BCUT2D eigenvalue weighted by Gasteiger charge is -2.23. The van der Waals surface area contributed by atoms with Crippen molar-refractivity contribution in [3.8, 4) is 0 Å². The van der Waals surface area contributed by atoms with E-state index in [0.717, 1.165) is 31.1 Å². The maximum absolute atomic E-state index is 5.12. The summed E-state index contributed by atoms with van der Waals surface area (Å²) in [4.78, 5) is 0. The molecule has 0 saturated carbocycles. The Morgan fingerprint density at radius 1 is 1.71 bits per heavy atom. The number of piperidine rings is 1. The minimum atomic E-state index is 0.578. The Morgan fingerprint density at radius 3 is 3.29 bits per heavy atom. The minimum Gasteiger partial charge on any atom is -0.360 e. The molecule has 0 aromatic carbocycles. The molecule has 1 unspecified atom stereocenters. The molecule has 2 heterocycles. The van der Waals surface area contributed by atoms with E-state index in [9.17, 15) is 0 Å². The minimum absolute atomic E-state index is 0.578. The highest BCUT2D eigenvalue weighted by Gasteiger charge is 2.12. The summed E-state index contributed by atoms with van der Waals surface area (Å²) >= 11 is 0. The number of nitrogens with one attached hydrogen (secondary N) is 2. The highest BCUT2D eigenvalue weighted by Crippen LogP contribution is 2.05. The Kier molecular flexibility index (Phi) is 3.16. The first-order valence-electron chi connectivity index (χ1n) is 5.21. The fourth-order valence-electron chi connectivity index (χ4n) is 1.77. The number of aromatic nitrogens is 1. The number of hydrogen-bond donors (Lipinski definition) is 2. The molecule has 4 nitrogen and oxygen atoms in total. The van der Waals surface area contributed by atoms with E-state index < -0.39 is 0 Å². The van der Waals surface area contributed by atoms with Crippen molar-refractivity contribution in [2.45, 2.75) is 32.4 Å². The van der Waals surface area contributed by atoms with Crippen LogP contribution in [-0.2, 0) is 6.54 Å². The average Bonchev–Trinajstić information content (AvgIpc) is 2.63. The van der Waals surface area contributed by atoms with Gasteiger partial charge in [-0.05, 0) is 26.3 Å². The van der Waals surface area contributed by atoms with Gasteiger partial charge in [0.2, 0.25) is 0 Å². The van der Waals surface area contributed by atoms with Gasteiger partial charge in [0, 0.05) is 18.7 Å². The summed E-state index contributed by atoms with van der Waals surface area (Å²) in [6.07, 6.45) is 2.51. The zero-order valence-corrected chi connectivity index (χ0v) is 8.55. The third-order valence-corrected chi connectivity index (χ3v) is 2.54. The van der Waals surface area contributed by atoms with Gasteiger partial charge >= 0.3 is 0 Å². The van der Waals surface area contributed by atoms with Crippen LogP contribution in [0.4, 0.5) is 0 Å². The molecule has 78 valence electrons. The number of nitrogens with zero attached hydrogens (tertiary/aromatic N) is 1. The Balaban J connectivity index is 1.76. The fraction of sp³-hybridized carbons (Fsp3) is 0.700. The zero-order chi connectivity index (χ0) is 9.80. The Hall–Kier alpha value is -0.870. The van der Waals surface area contributed by atoms with Crippen molar-refractivity contribution in [2.75, 3.05) is 13.1 Å². The van der Waals surface area contributed by atoms with E-state index in [1.165, 1.54) is 12.8 Å². The molecule has 1 saturated heterocycles. The lowest BCUT2D eigenvalue weighted by molar-refractivity contribution is 0.338. The number of hydrogen-bond acceptors (Lipinski definition) is 4. The summed E-state index contributed by atoms with van der Waals surface area (Å²) in [5.74, 6) is 0.924. The number of rotatable bonds is 3. The van der Waals surface area contributed by atoms with Gasteiger partial charge in [0.25, 0.3) is 0 Å². The van der Waals surface area contributed by atoms with Crippen LogP contribution >= 0.6 is 0 Å². The predicted molar refractivity (Wildman–Crippen MR) is 54.0 cm³/mol. The second kappa shape index (κ2) is 4.57. The van der Waals surface area contributed by atoms with Gasteiger partial charge in [0.05, 0.1) is 12.2 Å². The molecule has 0 radical (unpaired) electrons. The molecule has 1 atom stereocenters. The quantitative estimate of drug-likeness (QED) is 0.750. The van der Waals surface area contributed by atoms with E-state index in [-0.39, 0.29) is 0 Å². The number of aryl methyl sites for hydroxylation is 1. The second-order valence-electron chi connectivity index (χ2n) is 3.86. The van der Waals surface area contributed by atoms with Gasteiger partial charge in [-0.15, -0.1) is 0 Å². The molecular formula is C10H17N3O. The van der Waals surface area contributed by atoms with Crippen molar-refractivity contribution in [2.24, 2.45) is 0 Å². The van der Waals surface area contributed by atoms with E-state index in [1.807, 2.05) is 13.0 Å². The third-order valence-electron chi connectivity index (χ3n) is 2.54. The van der Waals surface area contributed by atoms with Crippen LogP contribution in [0.25, 0.3) is 0 Å². The highest BCUT2D eigenvalue weighted by molar-refractivity contribution is 5.02. The highest BCUT2D eigenvalue weighted by atomic mass is 16.5. The first-order valence-corrected chi connectivity index (χ1v) is 5.21. The summed E-state index contributed by atoms with van der Waals surface area (Å²) in [7, 11) is 0. The summed E-state index contributed by atoms with van der Waals surface area (Å²) in [5.41, 5.74) is 0.948. The maximum Gasteiger partial charge on any atom is 0.150 e. The molecular weight excluding hydrogens is 178 g/mol. The first kappa shape index (κ1) is 9.68. The van der Waals surface area contributed by atoms with Crippen molar-refractivity contribution in [1.82, 2.24) is 15.8 Å². The van der Waals surface area contributed by atoms with Crippen LogP contribution in [0.15, 0.2) is 10.6 Å². The van der Waals surface area contributed by atoms with Gasteiger partial charge in [0.15, 0.2) is 5.76 Å². The summed E-state index contributed by atoms with van der Waals surface area (Å²) in [5, 5.41) is 10.7. The van der Waals surface area contributed by atoms with Gasteiger partial charge in [-0.3, -0.25) is 0 Å². The molecule has 1 fully saturated rings. The molecule has 1 aliphatic heterocycles. The molecule has 0 amide bonds. The topological polar surface area (TPSA) is 50.1 Å². The molecule has 2 rings (SSSR count). The van der Waals surface area contributed by atoms with Crippen LogP contribution in [0.2, 0.25) is 0 Å². The Labute approximate surface area is 84.0 Å². The van der Waals surface area contributed by atoms with Crippen LogP contribution in [0, 0.1) is 6.92 Å². The van der Waals surface area contributed by atoms with Crippen LogP contribution in [0.1, 0.15) is 24.3 Å². The first-order chi connectivity index (χ1) is 6.84. The van der Waals surface area contributed by atoms with Crippen molar-refractivity contribution in [3.63, 3.8) is 0 Å². The molecule has 4 heteroatoms. The third kappa shape index (κ3) is 2.56. The molecule has 1 aromatic heterocycles. The monoisotopic (exact) mass is 195 g/mol. The fourth-order valence-corrected chi connectivity index (χ4v) is 1.77. The van der Waals surface area contributed by atoms with Crippen molar-refractivity contribution in [3.05, 3.63) is 17.5 Å². The smallest absolute Gasteiger partial charge is 0.150 e. The van der Waals surface area contributed by atoms with E-state index in [2.05, 4.69) is 15.8 Å².